The molecule has 0 radical (unpaired) electrons. The van der Waals surface area contributed by atoms with Crippen LogP contribution in [0.1, 0.15) is 12.8 Å². The molecule has 0 aliphatic heterocycles. The number of hydrogen-bond acceptors (Lipinski definition) is 3. The molecule has 2 aromatic heterocycles. The van der Waals surface area contributed by atoms with Gasteiger partial charge in [-0.15, -0.1) is 0 Å². The fraction of sp³-hybridized carbons (Fsp3) is 0.200. The molecule has 4 nitrogen and oxygen atoms in total. The van der Waals surface area contributed by atoms with Gasteiger partial charge in [-0.25, -0.2) is 4.98 Å². The lowest BCUT2D eigenvalue weighted by atomic mass is 10.2. The number of fused-ring (bicyclic) bond motifs is 1. The van der Waals surface area contributed by atoms with Crippen molar-refractivity contribution in [2.24, 2.45) is 0 Å². The first-order valence-electron chi connectivity index (χ1n) is 6.55. The molecular weight excluding hydrogens is 236 g/mol. The third-order valence-corrected chi connectivity index (χ3v) is 3.42. The lowest BCUT2D eigenvalue weighted by molar-refractivity contribution is 1.00. The van der Waals surface area contributed by atoms with Crippen LogP contribution in [0.4, 0.5) is 5.95 Å². The van der Waals surface area contributed by atoms with E-state index in [-0.39, 0.29) is 0 Å². The highest BCUT2D eigenvalue weighted by molar-refractivity contribution is 5.80. The molecule has 1 aliphatic rings. The highest BCUT2D eigenvalue weighted by atomic mass is 15.2. The van der Waals surface area contributed by atoms with Gasteiger partial charge in [0.05, 0.1) is 5.52 Å². The molecule has 4 heteroatoms. The number of aromatic nitrogens is 3. The molecule has 4 rings (SSSR count). The van der Waals surface area contributed by atoms with E-state index in [9.17, 15) is 0 Å². The quantitative estimate of drug-likeness (QED) is 0.777. The molecule has 2 heterocycles. The molecule has 0 bridgehead atoms. The third kappa shape index (κ3) is 1.95. The Hall–Kier alpha value is -2.36. The fourth-order valence-corrected chi connectivity index (χ4v) is 2.24. The van der Waals surface area contributed by atoms with Crippen molar-refractivity contribution in [1.29, 1.82) is 0 Å². The summed E-state index contributed by atoms with van der Waals surface area (Å²) in [4.78, 5) is 8.73. The summed E-state index contributed by atoms with van der Waals surface area (Å²) in [6.45, 7) is 0. The molecule has 1 saturated carbocycles. The van der Waals surface area contributed by atoms with Gasteiger partial charge in [0.25, 0.3) is 0 Å². The van der Waals surface area contributed by atoms with E-state index >= 15 is 0 Å². The highest BCUT2D eigenvalue weighted by Crippen LogP contribution is 2.26. The van der Waals surface area contributed by atoms with Crippen LogP contribution in [-0.2, 0) is 0 Å². The molecule has 1 aliphatic carbocycles. The fourth-order valence-electron chi connectivity index (χ4n) is 2.24. The maximum Gasteiger partial charge on any atom is 0.207 e. The molecule has 94 valence electrons. The van der Waals surface area contributed by atoms with Gasteiger partial charge in [0.1, 0.15) is 0 Å². The van der Waals surface area contributed by atoms with Gasteiger partial charge in [0, 0.05) is 35.7 Å². The first-order chi connectivity index (χ1) is 9.40. The SMILES string of the molecule is c1cnc2ccc(-n3ccnc3NC3CC3)cc2c1. The largest absolute Gasteiger partial charge is 0.353 e. The molecule has 0 amide bonds. The predicted octanol–water partition coefficient (Wildman–Crippen LogP) is 2.99. The molecule has 19 heavy (non-hydrogen) atoms. The summed E-state index contributed by atoms with van der Waals surface area (Å²) in [7, 11) is 0. The van der Waals surface area contributed by atoms with Crippen LogP contribution in [0, 0.1) is 0 Å². The van der Waals surface area contributed by atoms with Gasteiger partial charge in [0.2, 0.25) is 5.95 Å². The summed E-state index contributed by atoms with van der Waals surface area (Å²) >= 11 is 0. The average molecular weight is 250 g/mol. The van der Waals surface area contributed by atoms with Gasteiger partial charge in [0.15, 0.2) is 0 Å². The zero-order chi connectivity index (χ0) is 12.7. The topological polar surface area (TPSA) is 42.7 Å². The normalized spacial score (nSPS) is 14.7. The number of hydrogen-bond donors (Lipinski definition) is 1. The number of rotatable bonds is 3. The van der Waals surface area contributed by atoms with Crippen LogP contribution in [0.3, 0.4) is 0 Å². The molecule has 0 spiro atoms. The second kappa shape index (κ2) is 4.09. The number of benzene rings is 1. The minimum absolute atomic E-state index is 0.600. The van der Waals surface area contributed by atoms with Crippen molar-refractivity contribution in [3.05, 3.63) is 48.9 Å². The Morgan fingerprint density at radius 1 is 1.11 bits per heavy atom. The first-order valence-corrected chi connectivity index (χ1v) is 6.55. The summed E-state index contributed by atoms with van der Waals surface area (Å²) in [5.41, 5.74) is 2.13. The van der Waals surface area contributed by atoms with Crippen molar-refractivity contribution in [2.45, 2.75) is 18.9 Å². The van der Waals surface area contributed by atoms with Crippen molar-refractivity contribution in [3.63, 3.8) is 0 Å². The van der Waals surface area contributed by atoms with Crippen LogP contribution < -0.4 is 5.32 Å². The smallest absolute Gasteiger partial charge is 0.207 e. The van der Waals surface area contributed by atoms with E-state index in [1.165, 1.54) is 12.8 Å². The number of imidazole rings is 1. The third-order valence-electron chi connectivity index (χ3n) is 3.42. The lowest BCUT2D eigenvalue weighted by Crippen LogP contribution is -2.07. The first kappa shape index (κ1) is 10.6. The highest BCUT2D eigenvalue weighted by Gasteiger charge is 2.22. The van der Waals surface area contributed by atoms with E-state index < -0.39 is 0 Å². The van der Waals surface area contributed by atoms with Crippen molar-refractivity contribution in [3.8, 4) is 5.69 Å². The number of nitrogens with zero attached hydrogens (tertiary/aromatic N) is 3. The minimum Gasteiger partial charge on any atom is -0.353 e. The summed E-state index contributed by atoms with van der Waals surface area (Å²) < 4.78 is 2.09. The second-order valence-electron chi connectivity index (χ2n) is 4.92. The Bertz CT molecular complexity index is 728. The zero-order valence-electron chi connectivity index (χ0n) is 10.5. The monoisotopic (exact) mass is 250 g/mol. The number of nitrogens with one attached hydrogen (secondary N) is 1. The van der Waals surface area contributed by atoms with Gasteiger partial charge < -0.3 is 5.32 Å². The maximum atomic E-state index is 4.39. The average Bonchev–Trinajstić information content (AvgIpc) is 3.14. The van der Waals surface area contributed by atoms with Crippen molar-refractivity contribution in [1.82, 2.24) is 14.5 Å². The predicted molar refractivity (Wildman–Crippen MR) is 75.5 cm³/mol. The van der Waals surface area contributed by atoms with Crippen LogP contribution in [0.15, 0.2) is 48.9 Å². The summed E-state index contributed by atoms with van der Waals surface area (Å²) in [6.07, 6.45) is 8.13. The Balaban J connectivity index is 1.78. The summed E-state index contributed by atoms with van der Waals surface area (Å²) in [5, 5.41) is 4.59. The van der Waals surface area contributed by atoms with E-state index in [1.807, 2.05) is 30.7 Å². The summed E-state index contributed by atoms with van der Waals surface area (Å²) in [6, 6.07) is 10.9. The van der Waals surface area contributed by atoms with Gasteiger partial charge in [-0.1, -0.05) is 6.07 Å². The Morgan fingerprint density at radius 3 is 2.95 bits per heavy atom. The molecule has 1 aromatic carbocycles. The molecule has 1 fully saturated rings. The Morgan fingerprint density at radius 2 is 2.05 bits per heavy atom. The number of anilines is 1. The molecule has 0 atom stereocenters. The van der Waals surface area contributed by atoms with Gasteiger partial charge >= 0.3 is 0 Å². The van der Waals surface area contributed by atoms with Crippen LogP contribution >= 0.6 is 0 Å². The van der Waals surface area contributed by atoms with Crippen LogP contribution in [0.5, 0.6) is 0 Å². The van der Waals surface area contributed by atoms with Crippen molar-refractivity contribution >= 4 is 16.9 Å². The molecule has 0 saturated heterocycles. The summed E-state index contributed by atoms with van der Waals surface area (Å²) in [5.74, 6) is 0.922. The van der Waals surface area contributed by atoms with E-state index in [1.54, 1.807) is 0 Å². The van der Waals surface area contributed by atoms with E-state index in [0.29, 0.717) is 6.04 Å². The van der Waals surface area contributed by atoms with Crippen molar-refractivity contribution in [2.75, 3.05) is 5.32 Å². The van der Waals surface area contributed by atoms with Crippen molar-refractivity contribution < 1.29 is 0 Å². The second-order valence-corrected chi connectivity index (χ2v) is 4.92. The zero-order valence-corrected chi connectivity index (χ0v) is 10.5. The van der Waals surface area contributed by atoms with Crippen LogP contribution in [0.25, 0.3) is 16.6 Å². The molecular formula is C15H14N4. The molecule has 3 aromatic rings. The lowest BCUT2D eigenvalue weighted by Gasteiger charge is -2.09. The maximum absolute atomic E-state index is 4.39. The molecule has 0 unspecified atom stereocenters. The Labute approximate surface area is 111 Å². The van der Waals surface area contributed by atoms with Gasteiger partial charge in [-0.05, 0) is 37.1 Å². The van der Waals surface area contributed by atoms with Gasteiger partial charge in [-0.3, -0.25) is 9.55 Å². The van der Waals surface area contributed by atoms with Gasteiger partial charge in [-0.2, -0.15) is 0 Å². The number of pyridine rings is 1. The van der Waals surface area contributed by atoms with E-state index in [0.717, 1.165) is 22.5 Å². The Kier molecular flexibility index (Phi) is 2.27. The van der Waals surface area contributed by atoms with Crippen LogP contribution in [0.2, 0.25) is 0 Å². The standard InChI is InChI=1S/C15H14N4/c1-2-11-10-13(5-6-14(11)16-7-1)19-9-8-17-15(19)18-12-3-4-12/h1-2,5-10,12H,3-4H2,(H,17,18). The van der Waals surface area contributed by atoms with E-state index in [4.69, 9.17) is 0 Å². The van der Waals surface area contributed by atoms with Crippen LogP contribution in [-0.4, -0.2) is 20.6 Å². The minimum atomic E-state index is 0.600. The molecule has 1 N–H and O–H groups in total. The van der Waals surface area contributed by atoms with E-state index in [2.05, 4.69) is 38.1 Å².